The number of nitrogens with zero attached hydrogens (tertiary/aromatic N) is 1. The first-order chi connectivity index (χ1) is 13.6. The highest BCUT2D eigenvalue weighted by Crippen LogP contribution is 2.23. The predicted octanol–water partition coefficient (Wildman–Crippen LogP) is 2.67. The van der Waals surface area contributed by atoms with Crippen LogP contribution in [0, 0.1) is 13.8 Å². The minimum absolute atomic E-state index is 0.458. The maximum absolute atomic E-state index is 12.6. The van der Waals surface area contributed by atoms with Crippen molar-refractivity contribution in [3.8, 4) is 0 Å². The van der Waals surface area contributed by atoms with E-state index in [4.69, 9.17) is 4.74 Å². The molecule has 0 radical (unpaired) electrons. The third kappa shape index (κ3) is 5.34. The predicted molar refractivity (Wildman–Crippen MR) is 108 cm³/mol. The van der Waals surface area contributed by atoms with Crippen molar-refractivity contribution in [1.82, 2.24) is 10.2 Å². The molecule has 158 valence electrons. The molecule has 0 saturated carbocycles. The lowest BCUT2D eigenvalue weighted by Gasteiger charge is -2.21. The van der Waals surface area contributed by atoms with Gasteiger partial charge in [-0.3, -0.25) is 19.3 Å². The van der Waals surface area contributed by atoms with E-state index in [1.807, 2.05) is 32.9 Å². The Morgan fingerprint density at radius 1 is 1.28 bits per heavy atom. The number of imide groups is 1. The van der Waals surface area contributed by atoms with E-state index in [2.05, 4.69) is 10.6 Å². The molecule has 1 fully saturated rings. The Kier molecular flexibility index (Phi) is 7.00. The molecule has 2 rings (SSSR count). The second-order valence-electron chi connectivity index (χ2n) is 7.70. The summed E-state index contributed by atoms with van der Waals surface area (Å²) in [5.74, 6) is -1.77. The van der Waals surface area contributed by atoms with Crippen LogP contribution in [0.15, 0.2) is 18.2 Å². The van der Waals surface area contributed by atoms with Gasteiger partial charge in [0.1, 0.15) is 12.1 Å². The van der Waals surface area contributed by atoms with E-state index in [1.54, 1.807) is 13.0 Å². The zero-order valence-electron chi connectivity index (χ0n) is 17.6. The van der Waals surface area contributed by atoms with E-state index >= 15 is 0 Å². The number of urea groups is 1. The molecule has 1 aliphatic rings. The van der Waals surface area contributed by atoms with Crippen LogP contribution in [0.2, 0.25) is 0 Å². The van der Waals surface area contributed by atoms with Gasteiger partial charge in [-0.25, -0.2) is 4.79 Å². The van der Waals surface area contributed by atoms with E-state index in [0.717, 1.165) is 28.9 Å². The van der Waals surface area contributed by atoms with E-state index in [-0.39, 0.29) is 0 Å². The molecule has 29 heavy (non-hydrogen) atoms. The number of amides is 4. The van der Waals surface area contributed by atoms with Gasteiger partial charge < -0.3 is 15.4 Å². The molecule has 0 spiro atoms. The summed E-state index contributed by atoms with van der Waals surface area (Å²) in [4.78, 5) is 50.1. The molecule has 4 amide bonds. The van der Waals surface area contributed by atoms with E-state index in [9.17, 15) is 19.2 Å². The van der Waals surface area contributed by atoms with E-state index in [1.165, 1.54) is 6.92 Å². The van der Waals surface area contributed by atoms with Crippen LogP contribution in [-0.2, 0) is 19.1 Å². The second-order valence-corrected chi connectivity index (χ2v) is 7.70. The maximum atomic E-state index is 12.6. The number of anilines is 1. The van der Waals surface area contributed by atoms with E-state index < -0.39 is 42.0 Å². The molecule has 0 aromatic heterocycles. The second kappa shape index (κ2) is 9.07. The Morgan fingerprint density at radius 2 is 1.97 bits per heavy atom. The number of benzene rings is 1. The number of carbonyl (C=O) groups excluding carboxylic acids is 4. The zero-order valence-corrected chi connectivity index (χ0v) is 17.6. The van der Waals surface area contributed by atoms with Crippen molar-refractivity contribution in [3.63, 3.8) is 0 Å². The van der Waals surface area contributed by atoms with Crippen LogP contribution in [0.25, 0.3) is 0 Å². The van der Waals surface area contributed by atoms with Crippen LogP contribution in [0.4, 0.5) is 10.5 Å². The number of aryl methyl sites for hydroxylation is 2. The van der Waals surface area contributed by atoms with Gasteiger partial charge in [-0.2, -0.15) is 0 Å². The van der Waals surface area contributed by atoms with Crippen LogP contribution in [0.1, 0.15) is 51.2 Å². The Labute approximate surface area is 171 Å². The van der Waals surface area contributed by atoms with Gasteiger partial charge in [-0.05, 0) is 45.7 Å². The number of hydrogen-bond donors (Lipinski definition) is 2. The van der Waals surface area contributed by atoms with E-state index in [0.29, 0.717) is 12.1 Å². The van der Waals surface area contributed by atoms with Crippen LogP contribution in [0.5, 0.6) is 0 Å². The fourth-order valence-electron chi connectivity index (χ4n) is 3.20. The van der Waals surface area contributed by atoms with Crippen molar-refractivity contribution in [2.45, 2.75) is 65.5 Å². The van der Waals surface area contributed by atoms with Crippen molar-refractivity contribution < 1.29 is 23.9 Å². The number of rotatable bonds is 8. The topological polar surface area (TPSA) is 105 Å². The first-order valence-electron chi connectivity index (χ1n) is 9.79. The lowest BCUT2D eigenvalue weighted by atomic mass is 9.95. The quantitative estimate of drug-likeness (QED) is 0.513. The Bertz CT molecular complexity index is 823. The van der Waals surface area contributed by atoms with Crippen molar-refractivity contribution in [2.24, 2.45) is 0 Å². The smallest absolute Gasteiger partial charge is 0.327 e. The molecule has 2 atom stereocenters. The first kappa shape index (κ1) is 22.4. The zero-order chi connectivity index (χ0) is 21.8. The van der Waals surface area contributed by atoms with Gasteiger partial charge in [0.05, 0.1) is 0 Å². The molecule has 1 saturated heterocycles. The highest BCUT2D eigenvalue weighted by molar-refractivity contribution is 6.08. The number of nitrogens with one attached hydrogen (secondary N) is 2. The van der Waals surface area contributed by atoms with Gasteiger partial charge in [0.15, 0.2) is 6.10 Å². The Morgan fingerprint density at radius 3 is 2.59 bits per heavy atom. The molecule has 8 nitrogen and oxygen atoms in total. The molecule has 8 heteroatoms. The third-order valence-electron chi connectivity index (χ3n) is 4.98. The lowest BCUT2D eigenvalue weighted by Crippen LogP contribution is -2.44. The molecule has 1 aliphatic heterocycles. The summed E-state index contributed by atoms with van der Waals surface area (Å²) in [6.07, 6.45) is 1.08. The van der Waals surface area contributed by atoms with Gasteiger partial charge in [0, 0.05) is 5.69 Å². The SMILES string of the molecule is CCCC[C@@]1(C)NC(=O)N(CC(=O)O[C@H](C)C(=O)Nc2ccc(C)cc2C)C1=O. The normalized spacial score (nSPS) is 19.7. The Hall–Kier alpha value is -2.90. The standard InChI is InChI=1S/C21H29N3O5/c1-6-7-10-21(5)19(27)24(20(28)23-21)12-17(25)29-15(4)18(26)22-16-9-8-13(2)11-14(16)3/h8-9,11,15H,6-7,10,12H2,1-5H3,(H,22,26)(H,23,28)/t15-,21-/m1/s1. The summed E-state index contributed by atoms with van der Waals surface area (Å²) in [5, 5.41) is 5.35. The molecular weight excluding hydrogens is 374 g/mol. The number of esters is 1. The van der Waals surface area contributed by atoms with Crippen LogP contribution >= 0.6 is 0 Å². The average molecular weight is 403 g/mol. The Balaban J connectivity index is 1.93. The van der Waals surface area contributed by atoms with Crippen molar-refractivity contribution in [1.29, 1.82) is 0 Å². The largest absolute Gasteiger partial charge is 0.451 e. The summed E-state index contributed by atoms with van der Waals surface area (Å²) in [5.41, 5.74) is 1.57. The van der Waals surface area contributed by atoms with Gasteiger partial charge in [-0.1, -0.05) is 37.5 Å². The number of carbonyl (C=O) groups is 4. The molecule has 1 aromatic carbocycles. The number of ether oxygens (including phenoxy) is 1. The minimum atomic E-state index is -1.07. The average Bonchev–Trinajstić information content (AvgIpc) is 2.85. The number of hydrogen-bond acceptors (Lipinski definition) is 5. The summed E-state index contributed by atoms with van der Waals surface area (Å²) in [7, 11) is 0. The molecule has 0 bridgehead atoms. The number of unbranched alkanes of at least 4 members (excludes halogenated alkanes) is 1. The third-order valence-corrected chi connectivity index (χ3v) is 4.98. The highest BCUT2D eigenvalue weighted by Gasteiger charge is 2.48. The molecule has 0 aliphatic carbocycles. The molecule has 1 heterocycles. The fourth-order valence-corrected chi connectivity index (χ4v) is 3.20. The molecule has 1 aromatic rings. The summed E-state index contributed by atoms with van der Waals surface area (Å²) >= 11 is 0. The van der Waals surface area contributed by atoms with Crippen LogP contribution in [-0.4, -0.2) is 46.9 Å². The van der Waals surface area contributed by atoms with Crippen molar-refractivity contribution in [3.05, 3.63) is 29.3 Å². The lowest BCUT2D eigenvalue weighted by molar-refractivity contribution is -0.155. The first-order valence-corrected chi connectivity index (χ1v) is 9.79. The van der Waals surface area contributed by atoms with Gasteiger partial charge in [0.2, 0.25) is 0 Å². The molecule has 2 N–H and O–H groups in total. The highest BCUT2D eigenvalue weighted by atomic mass is 16.5. The van der Waals surface area contributed by atoms with Crippen molar-refractivity contribution >= 4 is 29.5 Å². The van der Waals surface area contributed by atoms with Crippen LogP contribution < -0.4 is 10.6 Å². The maximum Gasteiger partial charge on any atom is 0.327 e. The van der Waals surface area contributed by atoms with Gasteiger partial charge in [-0.15, -0.1) is 0 Å². The van der Waals surface area contributed by atoms with Crippen LogP contribution in [0.3, 0.4) is 0 Å². The summed E-state index contributed by atoms with van der Waals surface area (Å²) in [6, 6.07) is 4.95. The summed E-state index contributed by atoms with van der Waals surface area (Å²) in [6.45, 7) is 8.36. The van der Waals surface area contributed by atoms with Crippen molar-refractivity contribution in [2.75, 3.05) is 11.9 Å². The molecule has 0 unspecified atom stereocenters. The minimum Gasteiger partial charge on any atom is -0.451 e. The van der Waals surface area contributed by atoms with Gasteiger partial charge >= 0.3 is 12.0 Å². The van der Waals surface area contributed by atoms with Gasteiger partial charge in [0.25, 0.3) is 11.8 Å². The summed E-state index contributed by atoms with van der Waals surface area (Å²) < 4.78 is 5.13. The molecular formula is C21H29N3O5. The monoisotopic (exact) mass is 403 g/mol. The fraction of sp³-hybridized carbons (Fsp3) is 0.524.